The van der Waals surface area contributed by atoms with E-state index in [0.29, 0.717) is 13.2 Å². The zero-order valence-electron chi connectivity index (χ0n) is 14.9. The van der Waals surface area contributed by atoms with Gasteiger partial charge >= 0.3 is 11.9 Å². The van der Waals surface area contributed by atoms with Crippen LogP contribution >= 0.6 is 0 Å². The second-order valence-electron chi connectivity index (χ2n) is 6.03. The number of esters is 2. The molecule has 0 aliphatic heterocycles. The smallest absolute Gasteiger partial charge is 0.313 e. The summed E-state index contributed by atoms with van der Waals surface area (Å²) in [4.78, 5) is 43.6. The number of hydrogen-bond donors (Lipinski definition) is 0. The first-order valence-corrected chi connectivity index (χ1v) is 8.72. The lowest BCUT2D eigenvalue weighted by atomic mass is 10.1. The average molecular weight is 342 g/mol. The molecular weight excluding hydrogens is 312 g/mol. The van der Waals surface area contributed by atoms with Gasteiger partial charge < -0.3 is 9.47 Å². The lowest BCUT2D eigenvalue weighted by molar-refractivity contribution is -0.147. The van der Waals surface area contributed by atoms with E-state index in [1.165, 1.54) is 13.8 Å². The van der Waals surface area contributed by atoms with Crippen LogP contribution in [0.2, 0.25) is 0 Å². The SMILES string of the molecule is CC(=O)CC(=O)OCCCCCCCCCCOC(=O)CC(C)=O. The van der Waals surface area contributed by atoms with Crippen molar-refractivity contribution in [2.75, 3.05) is 13.2 Å². The third-order valence-electron chi connectivity index (χ3n) is 3.35. The number of unbranched alkanes of at least 4 members (excludes halogenated alkanes) is 7. The van der Waals surface area contributed by atoms with E-state index in [1.807, 2.05) is 0 Å². The second kappa shape index (κ2) is 14.8. The highest BCUT2D eigenvalue weighted by Crippen LogP contribution is 2.09. The van der Waals surface area contributed by atoms with Crippen molar-refractivity contribution in [2.45, 2.75) is 78.1 Å². The van der Waals surface area contributed by atoms with Crippen LogP contribution in [0.1, 0.15) is 78.1 Å². The van der Waals surface area contributed by atoms with Gasteiger partial charge in [-0.15, -0.1) is 0 Å². The highest BCUT2D eigenvalue weighted by molar-refractivity contribution is 5.94. The van der Waals surface area contributed by atoms with E-state index in [9.17, 15) is 19.2 Å². The van der Waals surface area contributed by atoms with Crippen LogP contribution in [0.15, 0.2) is 0 Å². The molecule has 0 aromatic carbocycles. The summed E-state index contributed by atoms with van der Waals surface area (Å²) in [6, 6.07) is 0. The van der Waals surface area contributed by atoms with Crippen LogP contribution in [-0.4, -0.2) is 36.7 Å². The van der Waals surface area contributed by atoms with Gasteiger partial charge in [0.1, 0.15) is 24.4 Å². The van der Waals surface area contributed by atoms with E-state index >= 15 is 0 Å². The second-order valence-corrected chi connectivity index (χ2v) is 6.03. The van der Waals surface area contributed by atoms with Crippen molar-refractivity contribution in [2.24, 2.45) is 0 Å². The fourth-order valence-corrected chi connectivity index (χ4v) is 2.15. The lowest BCUT2D eigenvalue weighted by Crippen LogP contribution is -2.09. The normalized spacial score (nSPS) is 10.2. The van der Waals surface area contributed by atoms with Crippen molar-refractivity contribution in [1.82, 2.24) is 0 Å². The Morgan fingerprint density at radius 3 is 1.12 bits per heavy atom. The van der Waals surface area contributed by atoms with Crippen molar-refractivity contribution >= 4 is 23.5 Å². The third-order valence-corrected chi connectivity index (χ3v) is 3.35. The third kappa shape index (κ3) is 16.6. The Kier molecular flexibility index (Phi) is 13.8. The largest absolute Gasteiger partial charge is 0.465 e. The predicted octanol–water partition coefficient (Wildman–Crippen LogP) is 3.15. The summed E-state index contributed by atoms with van der Waals surface area (Å²) >= 11 is 0. The minimum atomic E-state index is -0.438. The molecule has 138 valence electrons. The van der Waals surface area contributed by atoms with E-state index in [4.69, 9.17) is 9.47 Å². The molecule has 0 spiro atoms. The maximum Gasteiger partial charge on any atom is 0.313 e. The number of ether oxygens (including phenoxy) is 2. The van der Waals surface area contributed by atoms with Crippen LogP contribution < -0.4 is 0 Å². The molecule has 0 rings (SSSR count). The molecule has 0 atom stereocenters. The van der Waals surface area contributed by atoms with Gasteiger partial charge in [-0.3, -0.25) is 19.2 Å². The van der Waals surface area contributed by atoms with Crippen LogP contribution in [0.25, 0.3) is 0 Å². The van der Waals surface area contributed by atoms with Crippen LogP contribution in [0, 0.1) is 0 Å². The quantitative estimate of drug-likeness (QED) is 0.258. The molecule has 0 aliphatic rings. The van der Waals surface area contributed by atoms with E-state index in [-0.39, 0.29) is 24.4 Å². The maximum absolute atomic E-state index is 11.1. The molecule has 0 saturated carbocycles. The molecule has 24 heavy (non-hydrogen) atoms. The first kappa shape index (κ1) is 22.3. The van der Waals surface area contributed by atoms with E-state index in [1.54, 1.807) is 0 Å². The number of Topliss-reactive ketones (excluding diaryl/α,β-unsaturated/α-hetero) is 2. The minimum absolute atomic E-state index is 0.135. The molecule has 0 aromatic heterocycles. The van der Waals surface area contributed by atoms with Gasteiger partial charge in [0, 0.05) is 0 Å². The first-order chi connectivity index (χ1) is 11.4. The van der Waals surface area contributed by atoms with Gasteiger partial charge in [-0.05, 0) is 26.7 Å². The Morgan fingerprint density at radius 2 is 0.833 bits per heavy atom. The fraction of sp³-hybridized carbons (Fsp3) is 0.778. The van der Waals surface area contributed by atoms with Crippen LogP contribution in [0.4, 0.5) is 0 Å². The van der Waals surface area contributed by atoms with E-state index in [2.05, 4.69) is 0 Å². The molecule has 0 fully saturated rings. The van der Waals surface area contributed by atoms with Gasteiger partial charge in [0.05, 0.1) is 13.2 Å². The van der Waals surface area contributed by atoms with Crippen LogP contribution in [0.3, 0.4) is 0 Å². The highest BCUT2D eigenvalue weighted by atomic mass is 16.5. The molecule has 0 N–H and O–H groups in total. The van der Waals surface area contributed by atoms with Crippen LogP contribution in [0.5, 0.6) is 0 Å². The topological polar surface area (TPSA) is 86.7 Å². The number of hydrogen-bond acceptors (Lipinski definition) is 6. The summed E-state index contributed by atoms with van der Waals surface area (Å²) in [7, 11) is 0. The molecule has 0 heterocycles. The van der Waals surface area contributed by atoms with Gasteiger partial charge in [-0.1, -0.05) is 38.5 Å². The van der Waals surface area contributed by atoms with Gasteiger partial charge in [0.15, 0.2) is 0 Å². The van der Waals surface area contributed by atoms with Gasteiger partial charge in [-0.25, -0.2) is 0 Å². The van der Waals surface area contributed by atoms with E-state index < -0.39 is 11.9 Å². The Bertz CT molecular complexity index is 364. The molecule has 6 heteroatoms. The standard InChI is InChI=1S/C18H30O6/c1-15(19)13-17(21)23-11-9-7-5-3-4-6-8-10-12-24-18(22)14-16(2)20/h3-14H2,1-2H3. The Balaban J connectivity index is 3.23. The van der Waals surface area contributed by atoms with Gasteiger partial charge in [0.2, 0.25) is 0 Å². The molecule has 0 amide bonds. The van der Waals surface area contributed by atoms with E-state index in [0.717, 1.165) is 51.4 Å². The predicted molar refractivity (Wildman–Crippen MR) is 89.5 cm³/mol. The van der Waals surface area contributed by atoms with Crippen molar-refractivity contribution in [3.63, 3.8) is 0 Å². The minimum Gasteiger partial charge on any atom is -0.465 e. The zero-order chi connectivity index (χ0) is 18.2. The molecule has 0 saturated heterocycles. The molecule has 6 nitrogen and oxygen atoms in total. The number of rotatable bonds is 15. The molecular formula is C18H30O6. The maximum atomic E-state index is 11.1. The molecule has 0 radical (unpaired) electrons. The molecule has 0 bridgehead atoms. The number of carbonyl (C=O) groups excluding carboxylic acids is 4. The Labute approximate surface area is 144 Å². The van der Waals surface area contributed by atoms with Crippen molar-refractivity contribution < 1.29 is 28.7 Å². The summed E-state index contributed by atoms with van der Waals surface area (Å²) in [5.74, 6) is -1.22. The fourth-order valence-electron chi connectivity index (χ4n) is 2.15. The van der Waals surface area contributed by atoms with Gasteiger partial charge in [-0.2, -0.15) is 0 Å². The van der Waals surface area contributed by atoms with Crippen LogP contribution in [-0.2, 0) is 28.7 Å². The summed E-state index contributed by atoms with van der Waals surface area (Å²) in [6.07, 6.45) is 7.86. The summed E-state index contributed by atoms with van der Waals surface area (Å²) < 4.78 is 9.89. The summed E-state index contributed by atoms with van der Waals surface area (Å²) in [6.45, 7) is 3.52. The zero-order valence-corrected chi connectivity index (χ0v) is 14.9. The number of carbonyl (C=O) groups is 4. The van der Waals surface area contributed by atoms with Crippen molar-refractivity contribution in [3.05, 3.63) is 0 Å². The van der Waals surface area contributed by atoms with Gasteiger partial charge in [0.25, 0.3) is 0 Å². The molecule has 0 unspecified atom stereocenters. The monoisotopic (exact) mass is 342 g/mol. The molecule has 0 aliphatic carbocycles. The summed E-state index contributed by atoms with van der Waals surface area (Å²) in [5, 5.41) is 0. The lowest BCUT2D eigenvalue weighted by Gasteiger charge is -2.05. The Morgan fingerprint density at radius 1 is 0.542 bits per heavy atom. The molecule has 0 aromatic rings. The van der Waals surface area contributed by atoms with Crippen molar-refractivity contribution in [1.29, 1.82) is 0 Å². The average Bonchev–Trinajstić information content (AvgIpc) is 2.46. The van der Waals surface area contributed by atoms with Crippen molar-refractivity contribution in [3.8, 4) is 0 Å². The summed E-state index contributed by atoms with van der Waals surface area (Å²) in [5.41, 5.74) is 0. The highest BCUT2D eigenvalue weighted by Gasteiger charge is 2.06. The first-order valence-electron chi connectivity index (χ1n) is 8.72. The number of ketones is 2. The Hall–Kier alpha value is -1.72.